The molecule has 0 saturated carbocycles. The second-order valence-electron chi connectivity index (χ2n) is 5.43. The van der Waals surface area contributed by atoms with Crippen LogP contribution in [0, 0.1) is 5.92 Å². The van der Waals surface area contributed by atoms with Crippen molar-refractivity contribution in [2.45, 2.75) is 25.0 Å². The molecule has 1 saturated heterocycles. The summed E-state index contributed by atoms with van der Waals surface area (Å²) in [5.74, 6) is 0.456. The smallest absolute Gasteiger partial charge is 0.215 e. The molecule has 1 unspecified atom stereocenters. The number of sulfonamides is 1. The van der Waals surface area contributed by atoms with Gasteiger partial charge in [0, 0.05) is 16.6 Å². The first-order valence-corrected chi connectivity index (χ1v) is 9.48. The Balaban J connectivity index is 1.83. The molecule has 0 radical (unpaired) electrons. The van der Waals surface area contributed by atoms with Crippen LogP contribution in [-0.4, -0.2) is 28.1 Å². The average molecular weight is 351 g/mol. The fourth-order valence-corrected chi connectivity index (χ4v) is 4.26. The topological polar surface area (TPSA) is 58.2 Å². The first kappa shape index (κ1) is 17.0. The van der Waals surface area contributed by atoms with Gasteiger partial charge in [0.15, 0.2) is 0 Å². The lowest BCUT2D eigenvalue weighted by Crippen LogP contribution is -2.33. The summed E-state index contributed by atoms with van der Waals surface area (Å²) >= 11 is 11.8. The van der Waals surface area contributed by atoms with Gasteiger partial charge < -0.3 is 5.32 Å². The van der Waals surface area contributed by atoms with Gasteiger partial charge in [0.05, 0.1) is 5.75 Å². The lowest BCUT2D eigenvalue weighted by molar-refractivity contribution is 0.358. The monoisotopic (exact) mass is 350 g/mol. The SMILES string of the molecule is O=S(=O)(Cc1cc(Cl)cc(Cl)c1)NCCC1CCCNC1. The molecule has 4 nitrogen and oxygen atoms in total. The summed E-state index contributed by atoms with van der Waals surface area (Å²) in [4.78, 5) is 0. The van der Waals surface area contributed by atoms with E-state index in [4.69, 9.17) is 23.2 Å². The van der Waals surface area contributed by atoms with Crippen molar-refractivity contribution in [1.82, 2.24) is 10.0 Å². The van der Waals surface area contributed by atoms with Gasteiger partial charge in [-0.3, -0.25) is 0 Å². The maximum absolute atomic E-state index is 12.1. The largest absolute Gasteiger partial charge is 0.316 e. The molecule has 1 fully saturated rings. The van der Waals surface area contributed by atoms with Gasteiger partial charge in [-0.25, -0.2) is 13.1 Å². The second kappa shape index (κ2) is 7.79. The van der Waals surface area contributed by atoms with Crippen LogP contribution in [0.5, 0.6) is 0 Å². The van der Waals surface area contributed by atoms with Crippen molar-refractivity contribution < 1.29 is 8.42 Å². The highest BCUT2D eigenvalue weighted by molar-refractivity contribution is 7.88. The molecule has 21 heavy (non-hydrogen) atoms. The van der Waals surface area contributed by atoms with Crippen LogP contribution in [0.2, 0.25) is 10.0 Å². The molecule has 1 heterocycles. The van der Waals surface area contributed by atoms with Crippen LogP contribution < -0.4 is 10.0 Å². The summed E-state index contributed by atoms with van der Waals surface area (Å²) in [5.41, 5.74) is 0.597. The van der Waals surface area contributed by atoms with Crippen LogP contribution in [-0.2, 0) is 15.8 Å². The zero-order valence-electron chi connectivity index (χ0n) is 11.7. The number of benzene rings is 1. The molecule has 0 aliphatic carbocycles. The van der Waals surface area contributed by atoms with E-state index >= 15 is 0 Å². The third-order valence-corrected chi connectivity index (χ3v) is 5.35. The van der Waals surface area contributed by atoms with Crippen molar-refractivity contribution in [3.63, 3.8) is 0 Å². The van der Waals surface area contributed by atoms with E-state index in [-0.39, 0.29) is 5.75 Å². The average Bonchev–Trinajstić information content (AvgIpc) is 2.37. The predicted octanol–water partition coefficient (Wildman–Crippen LogP) is 2.80. The molecule has 1 atom stereocenters. The Labute approximate surface area is 136 Å². The number of halogens is 2. The number of nitrogens with one attached hydrogen (secondary N) is 2. The minimum Gasteiger partial charge on any atom is -0.316 e. The highest BCUT2D eigenvalue weighted by atomic mass is 35.5. The van der Waals surface area contributed by atoms with Gasteiger partial charge in [-0.1, -0.05) is 23.2 Å². The van der Waals surface area contributed by atoms with Crippen molar-refractivity contribution in [3.8, 4) is 0 Å². The lowest BCUT2D eigenvalue weighted by atomic mass is 9.96. The number of hydrogen-bond donors (Lipinski definition) is 2. The third-order valence-electron chi connectivity index (χ3n) is 3.55. The van der Waals surface area contributed by atoms with Crippen molar-refractivity contribution in [2.75, 3.05) is 19.6 Å². The van der Waals surface area contributed by atoms with Crippen molar-refractivity contribution in [3.05, 3.63) is 33.8 Å². The van der Waals surface area contributed by atoms with E-state index in [1.54, 1.807) is 18.2 Å². The maximum atomic E-state index is 12.1. The molecule has 1 aliphatic heterocycles. The Bertz CT molecular complexity index is 552. The Morgan fingerprint density at radius 3 is 2.57 bits per heavy atom. The summed E-state index contributed by atoms with van der Waals surface area (Å²) < 4.78 is 26.8. The fraction of sp³-hybridized carbons (Fsp3) is 0.571. The molecule has 2 N–H and O–H groups in total. The highest BCUT2D eigenvalue weighted by Gasteiger charge is 2.16. The van der Waals surface area contributed by atoms with Crippen molar-refractivity contribution in [1.29, 1.82) is 0 Å². The van der Waals surface area contributed by atoms with Crippen LogP contribution in [0.3, 0.4) is 0 Å². The van der Waals surface area contributed by atoms with Gasteiger partial charge in [0.25, 0.3) is 0 Å². The van der Waals surface area contributed by atoms with Gasteiger partial charge in [0.2, 0.25) is 10.0 Å². The molecule has 1 aliphatic rings. The van der Waals surface area contributed by atoms with E-state index in [0.29, 0.717) is 28.1 Å². The third kappa shape index (κ3) is 6.12. The molecule has 0 bridgehead atoms. The van der Waals surface area contributed by atoms with E-state index in [1.807, 2.05) is 0 Å². The van der Waals surface area contributed by atoms with E-state index in [1.165, 1.54) is 12.8 Å². The van der Waals surface area contributed by atoms with Gasteiger partial charge in [0.1, 0.15) is 0 Å². The van der Waals surface area contributed by atoms with Crippen molar-refractivity contribution in [2.24, 2.45) is 5.92 Å². The number of piperidine rings is 1. The van der Waals surface area contributed by atoms with Gasteiger partial charge >= 0.3 is 0 Å². The summed E-state index contributed by atoms with van der Waals surface area (Å²) in [7, 11) is -3.36. The maximum Gasteiger partial charge on any atom is 0.215 e. The van der Waals surface area contributed by atoms with Crippen molar-refractivity contribution >= 4 is 33.2 Å². The Hall–Kier alpha value is -0.330. The Morgan fingerprint density at radius 2 is 1.95 bits per heavy atom. The number of hydrogen-bond acceptors (Lipinski definition) is 3. The quantitative estimate of drug-likeness (QED) is 0.829. The van der Waals surface area contributed by atoms with E-state index in [0.717, 1.165) is 19.5 Å². The van der Waals surface area contributed by atoms with E-state index in [9.17, 15) is 8.42 Å². The molecule has 2 rings (SSSR count). The van der Waals surface area contributed by atoms with Crippen LogP contribution in [0.25, 0.3) is 0 Å². The number of rotatable bonds is 6. The molecule has 1 aromatic rings. The Morgan fingerprint density at radius 1 is 1.24 bits per heavy atom. The zero-order valence-corrected chi connectivity index (χ0v) is 14.1. The van der Waals surface area contributed by atoms with Gasteiger partial charge in [-0.05, 0) is 62.0 Å². The fourth-order valence-electron chi connectivity index (χ4n) is 2.55. The predicted molar refractivity (Wildman–Crippen MR) is 87.3 cm³/mol. The van der Waals surface area contributed by atoms with Crippen LogP contribution >= 0.6 is 23.2 Å². The van der Waals surface area contributed by atoms with Crippen LogP contribution in [0.15, 0.2) is 18.2 Å². The van der Waals surface area contributed by atoms with E-state index < -0.39 is 10.0 Å². The molecule has 0 spiro atoms. The summed E-state index contributed by atoms with van der Waals surface area (Å²) in [6.07, 6.45) is 3.19. The lowest BCUT2D eigenvalue weighted by Gasteiger charge is -2.22. The molecule has 118 valence electrons. The standard InChI is InChI=1S/C14H20Cl2N2O2S/c15-13-6-12(7-14(16)8-13)10-21(19,20)18-5-3-11-2-1-4-17-9-11/h6-8,11,17-18H,1-5,9-10H2. The molecule has 7 heteroatoms. The molecule has 0 aromatic heterocycles. The first-order valence-electron chi connectivity index (χ1n) is 7.08. The normalized spacial score (nSPS) is 19.6. The summed E-state index contributed by atoms with van der Waals surface area (Å²) in [5, 5.41) is 4.22. The van der Waals surface area contributed by atoms with Gasteiger partial charge in [-0.15, -0.1) is 0 Å². The second-order valence-corrected chi connectivity index (χ2v) is 8.11. The molecular weight excluding hydrogens is 331 g/mol. The molecule has 1 aromatic carbocycles. The highest BCUT2D eigenvalue weighted by Crippen LogP contribution is 2.20. The Kier molecular flexibility index (Phi) is 6.32. The molecular formula is C14H20Cl2N2O2S. The molecule has 0 amide bonds. The zero-order chi connectivity index (χ0) is 15.3. The van der Waals surface area contributed by atoms with E-state index in [2.05, 4.69) is 10.0 Å². The van der Waals surface area contributed by atoms with Gasteiger partial charge in [-0.2, -0.15) is 0 Å². The summed E-state index contributed by atoms with van der Waals surface area (Å²) in [6, 6.07) is 4.83. The van der Waals surface area contributed by atoms with Crippen LogP contribution in [0.4, 0.5) is 0 Å². The minimum atomic E-state index is -3.36. The minimum absolute atomic E-state index is 0.101. The van der Waals surface area contributed by atoms with Crippen LogP contribution in [0.1, 0.15) is 24.8 Å². The first-order chi connectivity index (χ1) is 9.94. The summed E-state index contributed by atoms with van der Waals surface area (Å²) in [6.45, 7) is 2.52.